The molecule has 4 aromatic carbocycles. The topological polar surface area (TPSA) is 53.4 Å². The van der Waals surface area contributed by atoms with Gasteiger partial charge in [-0.15, -0.1) is 11.8 Å². The molecule has 0 aliphatic heterocycles. The normalized spacial score (nSPS) is 27.9. The molecule has 8 saturated carbocycles. The van der Waals surface area contributed by atoms with E-state index in [1.54, 1.807) is 0 Å². The van der Waals surface area contributed by atoms with Crippen LogP contribution in [-0.2, 0) is 47.9 Å². The molecule has 8 bridgehead atoms. The van der Waals surface area contributed by atoms with E-state index >= 15 is 0 Å². The van der Waals surface area contributed by atoms with Crippen molar-refractivity contribution in [3.8, 4) is 56.3 Å². The molecular formula is C63H79NO2SZr-2. The Hall–Kier alpha value is -3.14. The molecule has 0 atom stereocenters. The summed E-state index contributed by atoms with van der Waals surface area (Å²) in [5.74, 6) is 5.64. The molecule has 5 aromatic rings. The second-order valence-electron chi connectivity index (χ2n) is 25.6. The summed E-state index contributed by atoms with van der Waals surface area (Å²) in [5.41, 5.74) is 12.7. The van der Waals surface area contributed by atoms with Crippen LogP contribution in [0.4, 0.5) is 0 Å². The minimum atomic E-state index is -0.0851. The molecule has 8 aliphatic rings. The molecule has 0 radical (unpaired) electrons. The van der Waals surface area contributed by atoms with Crippen molar-refractivity contribution in [2.45, 2.75) is 171 Å². The van der Waals surface area contributed by atoms with Gasteiger partial charge in [0.05, 0.1) is 11.4 Å². The van der Waals surface area contributed by atoms with Crippen LogP contribution < -0.4 is 0 Å². The van der Waals surface area contributed by atoms with E-state index in [4.69, 9.17) is 4.98 Å². The third-order valence-corrected chi connectivity index (χ3v) is 18.5. The Bertz CT molecular complexity index is 2450. The van der Waals surface area contributed by atoms with Gasteiger partial charge < -0.3 is 25.1 Å². The van der Waals surface area contributed by atoms with E-state index < -0.39 is 0 Å². The number of benzene rings is 4. The van der Waals surface area contributed by atoms with E-state index in [0.29, 0.717) is 11.5 Å². The zero-order valence-corrected chi connectivity index (χ0v) is 46.6. The molecule has 0 unspecified atom stereocenters. The fourth-order valence-corrected chi connectivity index (χ4v) is 16.4. The minimum Gasteiger partial charge on any atom is -0.507 e. The Labute approximate surface area is 434 Å². The van der Waals surface area contributed by atoms with Gasteiger partial charge in [-0.05, 0) is 181 Å². The largest absolute Gasteiger partial charge is 0.507 e. The molecule has 0 saturated heterocycles. The number of rotatable bonds is 7. The molecule has 1 heterocycles. The number of pyridine rings is 1. The van der Waals surface area contributed by atoms with Crippen molar-refractivity contribution in [3.63, 3.8) is 0 Å². The van der Waals surface area contributed by atoms with Gasteiger partial charge in [-0.1, -0.05) is 123 Å². The predicted octanol–water partition coefficient (Wildman–Crippen LogP) is 17.5. The molecule has 0 spiro atoms. The van der Waals surface area contributed by atoms with E-state index in [2.05, 4.69) is 147 Å². The van der Waals surface area contributed by atoms with Crippen molar-refractivity contribution in [1.29, 1.82) is 0 Å². The van der Waals surface area contributed by atoms with E-state index in [0.717, 1.165) is 85.2 Å². The molecular weight excluding hydrogens is 926 g/mol. The van der Waals surface area contributed by atoms with Crippen molar-refractivity contribution >= 4 is 11.8 Å². The summed E-state index contributed by atoms with van der Waals surface area (Å²) >= 11 is 1.87. The van der Waals surface area contributed by atoms with Gasteiger partial charge in [0.25, 0.3) is 0 Å². The van der Waals surface area contributed by atoms with Crippen LogP contribution in [0.25, 0.3) is 44.8 Å². The van der Waals surface area contributed by atoms with Crippen LogP contribution in [0.15, 0.2) is 89.8 Å². The van der Waals surface area contributed by atoms with Crippen LogP contribution in [0.1, 0.15) is 162 Å². The number of nitrogens with zero attached hydrogens (tertiary/aromatic N) is 1. The molecule has 1 aromatic heterocycles. The van der Waals surface area contributed by atoms with Crippen LogP contribution in [0, 0.1) is 50.4 Å². The summed E-state index contributed by atoms with van der Waals surface area (Å²) < 4.78 is -0.0347. The summed E-state index contributed by atoms with van der Waals surface area (Å²) in [5, 5.41) is 25.6. The third kappa shape index (κ3) is 9.18. The number of aromatic nitrogens is 1. The molecule has 13 rings (SSSR count). The van der Waals surface area contributed by atoms with Gasteiger partial charge in [0.2, 0.25) is 0 Å². The molecule has 2 N–H and O–H groups in total. The Morgan fingerprint density at radius 1 is 0.456 bits per heavy atom. The molecule has 360 valence electrons. The van der Waals surface area contributed by atoms with E-state index in [1.165, 1.54) is 99.3 Å². The fraction of sp³-hybridized carbons (Fsp3) is 0.508. The van der Waals surface area contributed by atoms with E-state index in [-0.39, 0.29) is 67.5 Å². The molecule has 68 heavy (non-hydrogen) atoms. The molecule has 5 heteroatoms. The van der Waals surface area contributed by atoms with Crippen LogP contribution in [0.5, 0.6) is 11.5 Å². The van der Waals surface area contributed by atoms with E-state index in [9.17, 15) is 10.2 Å². The summed E-state index contributed by atoms with van der Waals surface area (Å²) in [6, 6.07) is 31.3. The van der Waals surface area contributed by atoms with Crippen LogP contribution in [0.3, 0.4) is 0 Å². The first kappa shape index (κ1) is 51.2. The smallest absolute Gasteiger partial charge is 0.127 e. The van der Waals surface area contributed by atoms with Crippen LogP contribution in [0.2, 0.25) is 0 Å². The monoisotopic (exact) mass is 1000 g/mol. The maximum Gasteiger partial charge on any atom is 0.127 e. The minimum absolute atomic E-state index is 0. The average Bonchev–Trinajstić information content (AvgIpc) is 3.21. The van der Waals surface area contributed by atoms with Gasteiger partial charge in [-0.3, -0.25) is 0 Å². The van der Waals surface area contributed by atoms with Crippen LogP contribution >= 0.6 is 11.8 Å². The van der Waals surface area contributed by atoms with Crippen molar-refractivity contribution in [2.75, 3.05) is 0 Å². The third-order valence-electron chi connectivity index (χ3n) is 17.4. The zero-order valence-electron chi connectivity index (χ0n) is 43.3. The zero-order chi connectivity index (χ0) is 45.4. The summed E-state index contributed by atoms with van der Waals surface area (Å²) in [7, 11) is 0. The number of hydrogen-bond donors (Lipinski definition) is 2. The standard InChI is InChI=1S/C61H73NO2S.2CH3.Zr/c1-57(2,3)42-24-49(55(63)51(26-42)60-30-36-18-37(31-60)20-38(19-36)32-60)45-14-10-12-16-47(45)53-28-44(65-59(7,8)9)29-54(62-53)48-17-13-11-15-46(48)50-25-43(58(4,5)6)27-52(56(50)64)61-33-39-21-40(34-61)23-41(22-39)35-61;;;/h10-17,24-29,36-41,63-64H,18-23,30-35H2,1-9H3;2*1H3;/q;2*-1;. The van der Waals surface area contributed by atoms with Gasteiger partial charge in [-0.2, -0.15) is 0 Å². The summed E-state index contributed by atoms with van der Waals surface area (Å²) in [6.07, 6.45) is 15.5. The van der Waals surface area contributed by atoms with Gasteiger partial charge >= 0.3 is 0 Å². The predicted molar refractivity (Wildman–Crippen MR) is 285 cm³/mol. The number of hydrogen-bond acceptors (Lipinski definition) is 4. The molecule has 0 amide bonds. The van der Waals surface area contributed by atoms with Crippen molar-refractivity contribution < 1.29 is 36.4 Å². The van der Waals surface area contributed by atoms with Gasteiger partial charge in [0.1, 0.15) is 11.5 Å². The first-order valence-electron chi connectivity index (χ1n) is 25.4. The summed E-state index contributed by atoms with van der Waals surface area (Å²) in [4.78, 5) is 6.81. The SMILES string of the molecule is CC(C)(C)Sc1cc(-c2ccccc2-c2cc(C(C)(C)C)cc(C34CC5CC(CC(C5)C3)C4)c2O)nc(-c2ccccc2-c2cc(C(C)(C)C)cc(C34CC5CC(CC(C5)C3)C4)c2O)c1.[CH3-].[CH3-].[Zr]. The van der Waals surface area contributed by atoms with E-state index in [1.807, 2.05) is 11.8 Å². The number of phenols is 2. The fourth-order valence-electron chi connectivity index (χ4n) is 15.3. The maximum absolute atomic E-state index is 12.8. The van der Waals surface area contributed by atoms with Crippen molar-refractivity contribution in [1.82, 2.24) is 4.98 Å². The van der Waals surface area contributed by atoms with Gasteiger partial charge in [0, 0.05) is 69.2 Å². The van der Waals surface area contributed by atoms with Crippen molar-refractivity contribution in [2.24, 2.45) is 35.5 Å². The van der Waals surface area contributed by atoms with Crippen LogP contribution in [-0.4, -0.2) is 19.9 Å². The van der Waals surface area contributed by atoms with Gasteiger partial charge in [0.15, 0.2) is 0 Å². The quantitative estimate of drug-likeness (QED) is 0.126. The molecule has 8 aliphatic carbocycles. The number of thioether (sulfide) groups is 1. The Balaban J connectivity index is 0.00000208. The second kappa shape index (κ2) is 18.2. The second-order valence-corrected chi connectivity index (χ2v) is 27.5. The first-order valence-corrected chi connectivity index (χ1v) is 26.2. The number of phenolic OH excluding ortho intramolecular Hbond substituents is 2. The number of aromatic hydroxyl groups is 2. The first-order chi connectivity index (χ1) is 30.7. The van der Waals surface area contributed by atoms with Gasteiger partial charge in [-0.25, -0.2) is 4.98 Å². The maximum atomic E-state index is 12.8. The average molecular weight is 1010 g/mol. The molecule has 8 fully saturated rings. The Morgan fingerprint density at radius 2 is 0.765 bits per heavy atom. The summed E-state index contributed by atoms with van der Waals surface area (Å²) in [6.45, 7) is 20.7. The van der Waals surface area contributed by atoms with Crippen molar-refractivity contribution in [3.05, 3.63) is 122 Å². The molecule has 3 nitrogen and oxygen atoms in total. The Morgan fingerprint density at radius 3 is 1.06 bits per heavy atom. The Kier molecular flexibility index (Phi) is 13.7.